The minimum Gasteiger partial charge on any atom is -0.370 e. The number of hydrogen-bond donors (Lipinski definition) is 3. The fourth-order valence-corrected chi connectivity index (χ4v) is 2.58. The van der Waals surface area contributed by atoms with Crippen molar-refractivity contribution in [2.24, 2.45) is 11.8 Å². The molecular formula is C14H26N6. The topological polar surface area (TPSA) is 79.1 Å². The van der Waals surface area contributed by atoms with E-state index in [4.69, 9.17) is 5.84 Å². The van der Waals surface area contributed by atoms with Crippen molar-refractivity contribution >= 4 is 11.6 Å². The molecule has 1 saturated heterocycles. The van der Waals surface area contributed by atoms with Crippen molar-refractivity contribution in [2.75, 3.05) is 36.9 Å². The Morgan fingerprint density at radius 3 is 2.55 bits per heavy atom. The zero-order valence-electron chi connectivity index (χ0n) is 12.5. The van der Waals surface area contributed by atoms with Gasteiger partial charge in [0.2, 0.25) is 0 Å². The molecule has 1 aliphatic rings. The Hall–Kier alpha value is -1.40. The van der Waals surface area contributed by atoms with E-state index in [0.29, 0.717) is 5.82 Å². The predicted molar refractivity (Wildman–Crippen MR) is 82.5 cm³/mol. The molecule has 6 nitrogen and oxygen atoms in total. The molecule has 1 aromatic heterocycles. The number of aromatic nitrogens is 2. The van der Waals surface area contributed by atoms with Gasteiger partial charge in [-0.2, -0.15) is 0 Å². The summed E-state index contributed by atoms with van der Waals surface area (Å²) in [4.78, 5) is 11.3. The first-order valence-electron chi connectivity index (χ1n) is 7.56. The molecule has 0 saturated carbocycles. The second-order valence-electron chi connectivity index (χ2n) is 5.31. The summed E-state index contributed by atoms with van der Waals surface area (Å²) in [5.74, 6) is 8.51. The number of likely N-dealkylation sites (tertiary alicyclic amines) is 1. The third-order valence-electron chi connectivity index (χ3n) is 3.96. The molecule has 0 aliphatic carbocycles. The van der Waals surface area contributed by atoms with E-state index in [1.54, 1.807) is 0 Å². The van der Waals surface area contributed by atoms with Gasteiger partial charge in [0, 0.05) is 19.0 Å². The number of nitrogens with two attached hydrogens (primary N) is 1. The first-order valence-corrected chi connectivity index (χ1v) is 7.56. The molecule has 1 aliphatic heterocycles. The third-order valence-corrected chi connectivity index (χ3v) is 3.96. The van der Waals surface area contributed by atoms with Gasteiger partial charge in [-0.3, -0.25) is 0 Å². The maximum atomic E-state index is 5.44. The van der Waals surface area contributed by atoms with E-state index >= 15 is 0 Å². The fraction of sp³-hybridized carbons (Fsp3) is 0.714. The number of hydrogen-bond acceptors (Lipinski definition) is 6. The summed E-state index contributed by atoms with van der Waals surface area (Å²) < 4.78 is 0. The van der Waals surface area contributed by atoms with Gasteiger partial charge in [-0.25, -0.2) is 15.8 Å². The molecule has 6 heteroatoms. The number of rotatable bonds is 6. The average molecular weight is 278 g/mol. The molecule has 2 rings (SSSR count). The lowest BCUT2D eigenvalue weighted by Gasteiger charge is -2.31. The van der Waals surface area contributed by atoms with Crippen molar-refractivity contribution in [3.05, 3.63) is 11.9 Å². The van der Waals surface area contributed by atoms with Gasteiger partial charge < -0.3 is 15.6 Å². The summed E-state index contributed by atoms with van der Waals surface area (Å²) in [6, 6.07) is 1.86. The van der Waals surface area contributed by atoms with E-state index in [0.717, 1.165) is 37.1 Å². The number of aryl methyl sites for hydroxylation is 1. The molecule has 0 bridgehead atoms. The maximum Gasteiger partial charge on any atom is 0.145 e. The van der Waals surface area contributed by atoms with Crippen LogP contribution in [-0.4, -0.2) is 41.0 Å². The van der Waals surface area contributed by atoms with Crippen LogP contribution in [0.4, 0.5) is 11.6 Å². The average Bonchev–Trinajstić information content (AvgIpc) is 2.53. The SMILES string of the molecule is CCc1nc(NN)cc(NCC2CCN(CC)CC2)n1. The Morgan fingerprint density at radius 2 is 1.95 bits per heavy atom. The summed E-state index contributed by atoms with van der Waals surface area (Å²) in [7, 11) is 0. The summed E-state index contributed by atoms with van der Waals surface area (Å²) in [5, 5.41) is 3.43. The Bertz CT molecular complexity index is 392. The largest absolute Gasteiger partial charge is 0.370 e. The van der Waals surface area contributed by atoms with Crippen LogP contribution in [0.1, 0.15) is 32.5 Å². The maximum absolute atomic E-state index is 5.44. The number of nitrogen functional groups attached to an aromatic ring is 1. The number of anilines is 2. The summed E-state index contributed by atoms with van der Waals surface area (Å²) in [6.45, 7) is 8.83. The van der Waals surface area contributed by atoms with Crippen LogP contribution >= 0.6 is 0 Å². The van der Waals surface area contributed by atoms with Crippen molar-refractivity contribution in [1.82, 2.24) is 14.9 Å². The van der Waals surface area contributed by atoms with Gasteiger partial charge in [0.1, 0.15) is 17.5 Å². The lowest BCUT2D eigenvalue weighted by atomic mass is 9.97. The number of nitrogens with zero attached hydrogens (tertiary/aromatic N) is 3. The molecule has 2 heterocycles. The molecule has 112 valence electrons. The Kier molecular flexibility index (Phi) is 5.55. The van der Waals surface area contributed by atoms with Crippen molar-refractivity contribution in [3.8, 4) is 0 Å². The Morgan fingerprint density at radius 1 is 1.25 bits per heavy atom. The molecule has 0 spiro atoms. The van der Waals surface area contributed by atoms with Gasteiger partial charge in [-0.1, -0.05) is 13.8 Å². The van der Waals surface area contributed by atoms with Crippen LogP contribution < -0.4 is 16.6 Å². The summed E-state index contributed by atoms with van der Waals surface area (Å²) in [5.41, 5.74) is 2.60. The van der Waals surface area contributed by atoms with E-state index < -0.39 is 0 Å². The van der Waals surface area contributed by atoms with Crippen molar-refractivity contribution in [2.45, 2.75) is 33.1 Å². The minimum atomic E-state index is 0.667. The molecule has 1 aromatic rings. The fourth-order valence-electron chi connectivity index (χ4n) is 2.58. The Balaban J connectivity index is 1.87. The Labute approximate surface area is 121 Å². The van der Waals surface area contributed by atoms with Gasteiger partial charge in [0.25, 0.3) is 0 Å². The molecular weight excluding hydrogens is 252 g/mol. The second-order valence-corrected chi connectivity index (χ2v) is 5.31. The molecule has 20 heavy (non-hydrogen) atoms. The van der Waals surface area contributed by atoms with Gasteiger partial charge in [0.15, 0.2) is 0 Å². The van der Waals surface area contributed by atoms with Crippen LogP contribution in [0.3, 0.4) is 0 Å². The highest BCUT2D eigenvalue weighted by Gasteiger charge is 2.17. The third kappa shape index (κ3) is 4.05. The molecule has 1 fully saturated rings. The van der Waals surface area contributed by atoms with E-state index in [9.17, 15) is 0 Å². The van der Waals surface area contributed by atoms with Crippen LogP contribution in [0.15, 0.2) is 6.07 Å². The number of hydrazine groups is 1. The standard InChI is InChI=1S/C14H26N6/c1-3-12-17-13(9-14(18-12)19-15)16-10-11-5-7-20(4-2)8-6-11/h9,11H,3-8,10,15H2,1-2H3,(H2,16,17,18,19). The van der Waals surface area contributed by atoms with Gasteiger partial charge in [-0.15, -0.1) is 0 Å². The zero-order valence-corrected chi connectivity index (χ0v) is 12.5. The van der Waals surface area contributed by atoms with Crippen LogP contribution in [0.2, 0.25) is 0 Å². The van der Waals surface area contributed by atoms with Crippen LogP contribution in [0.25, 0.3) is 0 Å². The van der Waals surface area contributed by atoms with E-state index in [1.165, 1.54) is 25.9 Å². The first kappa shape index (κ1) is 15.0. The smallest absolute Gasteiger partial charge is 0.145 e. The van der Waals surface area contributed by atoms with E-state index in [2.05, 4.69) is 32.5 Å². The lowest BCUT2D eigenvalue weighted by molar-refractivity contribution is 0.198. The molecule has 4 N–H and O–H groups in total. The quantitative estimate of drug-likeness (QED) is 0.540. The van der Waals surface area contributed by atoms with Crippen molar-refractivity contribution in [1.29, 1.82) is 0 Å². The predicted octanol–water partition coefficient (Wildman–Crippen LogP) is 1.47. The summed E-state index contributed by atoms with van der Waals surface area (Å²) in [6.07, 6.45) is 3.32. The number of piperidine rings is 1. The number of nitrogens with one attached hydrogen (secondary N) is 2. The van der Waals surface area contributed by atoms with E-state index in [1.807, 2.05) is 13.0 Å². The van der Waals surface area contributed by atoms with Gasteiger partial charge >= 0.3 is 0 Å². The lowest BCUT2D eigenvalue weighted by Crippen LogP contribution is -2.35. The highest BCUT2D eigenvalue weighted by Crippen LogP contribution is 2.18. The minimum absolute atomic E-state index is 0.667. The first-order chi connectivity index (χ1) is 9.75. The monoisotopic (exact) mass is 278 g/mol. The normalized spacial score (nSPS) is 17.1. The summed E-state index contributed by atoms with van der Waals surface area (Å²) >= 11 is 0. The van der Waals surface area contributed by atoms with Gasteiger partial charge in [-0.05, 0) is 38.4 Å². The molecule has 0 atom stereocenters. The molecule has 0 radical (unpaired) electrons. The highest BCUT2D eigenvalue weighted by atomic mass is 15.3. The van der Waals surface area contributed by atoms with Crippen LogP contribution in [0.5, 0.6) is 0 Å². The zero-order chi connectivity index (χ0) is 14.4. The molecule has 0 amide bonds. The van der Waals surface area contributed by atoms with Crippen molar-refractivity contribution in [3.63, 3.8) is 0 Å². The van der Waals surface area contributed by atoms with Crippen LogP contribution in [0, 0.1) is 5.92 Å². The van der Waals surface area contributed by atoms with Crippen molar-refractivity contribution < 1.29 is 0 Å². The van der Waals surface area contributed by atoms with E-state index in [-0.39, 0.29) is 0 Å². The highest BCUT2D eigenvalue weighted by molar-refractivity contribution is 5.46. The molecule has 0 aromatic carbocycles. The second kappa shape index (κ2) is 7.40. The van der Waals surface area contributed by atoms with Crippen LogP contribution in [-0.2, 0) is 6.42 Å². The molecule has 0 unspecified atom stereocenters. The van der Waals surface area contributed by atoms with Gasteiger partial charge in [0.05, 0.1) is 0 Å².